The van der Waals surface area contributed by atoms with E-state index in [1.807, 2.05) is 18.2 Å². The van der Waals surface area contributed by atoms with Gasteiger partial charge in [0.15, 0.2) is 0 Å². The molecule has 0 N–H and O–H groups in total. The van der Waals surface area contributed by atoms with E-state index < -0.39 is 0 Å². The number of carbonyl (C=O) groups is 1. The maximum atomic E-state index is 11.2. The van der Waals surface area contributed by atoms with Gasteiger partial charge in [-0.15, -0.1) is 0 Å². The molecule has 0 saturated heterocycles. The van der Waals surface area contributed by atoms with Gasteiger partial charge in [-0.2, -0.15) is 0 Å². The number of hydrogen-bond acceptors (Lipinski definition) is 4. The van der Waals surface area contributed by atoms with Crippen LogP contribution in [0.1, 0.15) is 39.1 Å². The summed E-state index contributed by atoms with van der Waals surface area (Å²) in [5.41, 5.74) is 2.77. The molecule has 0 aliphatic heterocycles. The van der Waals surface area contributed by atoms with E-state index in [4.69, 9.17) is 4.74 Å². The summed E-state index contributed by atoms with van der Waals surface area (Å²) >= 11 is 3.48. The van der Waals surface area contributed by atoms with Crippen molar-refractivity contribution in [3.63, 3.8) is 0 Å². The van der Waals surface area contributed by atoms with Crippen LogP contribution >= 0.6 is 15.9 Å². The van der Waals surface area contributed by atoms with Crippen LogP contribution in [0.15, 0.2) is 28.9 Å². The van der Waals surface area contributed by atoms with Crippen molar-refractivity contribution in [2.75, 3.05) is 0 Å². The van der Waals surface area contributed by atoms with Gasteiger partial charge >= 0.3 is 5.97 Å². The van der Waals surface area contributed by atoms with Gasteiger partial charge in [-0.25, -0.2) is 4.98 Å². The second-order valence-corrected chi connectivity index (χ2v) is 6.50. The average molecular weight is 376 g/mol. The monoisotopic (exact) mass is 375 g/mol. The van der Waals surface area contributed by atoms with Crippen molar-refractivity contribution >= 4 is 43.8 Å². The number of rotatable bonds is 4. The van der Waals surface area contributed by atoms with Gasteiger partial charge in [0, 0.05) is 22.8 Å². The standard InChI is InChI=1S/C17H18BrN3O2/c1-4-10(2)21-16(9-23-11(3)22)20-15-8-19-14-7-12(18)5-6-13(14)17(15)21/h5-8,10H,4,9H2,1-3H3. The highest BCUT2D eigenvalue weighted by atomic mass is 79.9. The van der Waals surface area contributed by atoms with Crippen molar-refractivity contribution < 1.29 is 9.53 Å². The van der Waals surface area contributed by atoms with Crippen LogP contribution < -0.4 is 0 Å². The number of pyridine rings is 1. The molecule has 0 fully saturated rings. The SMILES string of the molecule is CCC(C)n1c(COC(C)=O)nc2cnc3cc(Br)ccc3c21. The predicted molar refractivity (Wildman–Crippen MR) is 93.2 cm³/mol. The lowest BCUT2D eigenvalue weighted by Gasteiger charge is -2.16. The van der Waals surface area contributed by atoms with E-state index in [1.54, 1.807) is 6.20 Å². The molecule has 6 heteroatoms. The summed E-state index contributed by atoms with van der Waals surface area (Å²) in [5, 5.41) is 1.05. The Hall–Kier alpha value is -1.95. The molecule has 0 aliphatic carbocycles. The van der Waals surface area contributed by atoms with E-state index >= 15 is 0 Å². The lowest BCUT2D eigenvalue weighted by atomic mass is 10.1. The molecule has 0 spiro atoms. The molecule has 1 aromatic carbocycles. The molecule has 120 valence electrons. The number of imidazole rings is 1. The molecule has 0 saturated carbocycles. The summed E-state index contributed by atoms with van der Waals surface area (Å²) in [4.78, 5) is 20.3. The van der Waals surface area contributed by atoms with Crippen molar-refractivity contribution in [2.45, 2.75) is 39.8 Å². The van der Waals surface area contributed by atoms with E-state index in [-0.39, 0.29) is 18.6 Å². The number of aromatic nitrogens is 3. The summed E-state index contributed by atoms with van der Waals surface area (Å²) in [6.45, 7) is 5.85. The zero-order valence-electron chi connectivity index (χ0n) is 13.3. The Morgan fingerprint density at radius 2 is 2.17 bits per heavy atom. The fourth-order valence-corrected chi connectivity index (χ4v) is 3.07. The van der Waals surface area contributed by atoms with E-state index in [9.17, 15) is 4.79 Å². The van der Waals surface area contributed by atoms with Crippen LogP contribution in [0.2, 0.25) is 0 Å². The Kier molecular flexibility index (Phi) is 4.35. The second kappa shape index (κ2) is 6.28. The first-order valence-electron chi connectivity index (χ1n) is 7.59. The highest BCUT2D eigenvalue weighted by Crippen LogP contribution is 2.30. The molecule has 2 heterocycles. The molecular weight excluding hydrogens is 358 g/mol. The summed E-state index contributed by atoms with van der Waals surface area (Å²) in [5.74, 6) is 0.446. The fourth-order valence-electron chi connectivity index (χ4n) is 2.72. The first-order chi connectivity index (χ1) is 11.0. The number of benzene rings is 1. The van der Waals surface area contributed by atoms with Gasteiger partial charge in [0.1, 0.15) is 17.9 Å². The first kappa shape index (κ1) is 15.9. The quantitative estimate of drug-likeness (QED) is 0.634. The van der Waals surface area contributed by atoms with Crippen LogP contribution in [-0.4, -0.2) is 20.5 Å². The van der Waals surface area contributed by atoms with Gasteiger partial charge in [-0.1, -0.05) is 22.9 Å². The molecule has 2 aromatic heterocycles. The van der Waals surface area contributed by atoms with Crippen molar-refractivity contribution in [3.8, 4) is 0 Å². The summed E-state index contributed by atoms with van der Waals surface area (Å²) in [6, 6.07) is 6.29. The number of carbonyl (C=O) groups excluding carboxylic acids is 1. The number of nitrogens with zero attached hydrogens (tertiary/aromatic N) is 3. The Bertz CT molecular complexity index is 888. The van der Waals surface area contributed by atoms with E-state index in [1.165, 1.54) is 6.92 Å². The van der Waals surface area contributed by atoms with Crippen molar-refractivity contribution in [1.29, 1.82) is 0 Å². The molecule has 0 bridgehead atoms. The summed E-state index contributed by atoms with van der Waals surface area (Å²) < 4.78 is 8.33. The van der Waals surface area contributed by atoms with Gasteiger partial charge in [0.25, 0.3) is 0 Å². The smallest absolute Gasteiger partial charge is 0.303 e. The summed E-state index contributed by atoms with van der Waals surface area (Å²) in [6.07, 6.45) is 2.74. The zero-order valence-corrected chi connectivity index (χ0v) is 14.9. The minimum absolute atomic E-state index is 0.173. The number of esters is 1. The Balaban J connectivity index is 2.28. The van der Waals surface area contributed by atoms with Gasteiger partial charge in [0.2, 0.25) is 0 Å². The molecule has 0 aliphatic rings. The largest absolute Gasteiger partial charge is 0.458 e. The minimum atomic E-state index is -0.306. The molecule has 23 heavy (non-hydrogen) atoms. The van der Waals surface area contributed by atoms with Crippen molar-refractivity contribution in [2.24, 2.45) is 0 Å². The maximum absolute atomic E-state index is 11.2. The van der Waals surface area contributed by atoms with Crippen LogP contribution in [0.4, 0.5) is 0 Å². The first-order valence-corrected chi connectivity index (χ1v) is 8.39. The highest BCUT2D eigenvalue weighted by molar-refractivity contribution is 9.10. The molecule has 1 atom stereocenters. The van der Waals surface area contributed by atoms with Crippen molar-refractivity contribution in [3.05, 3.63) is 34.7 Å². The van der Waals surface area contributed by atoms with Gasteiger partial charge in [-0.3, -0.25) is 9.78 Å². The van der Waals surface area contributed by atoms with E-state index in [0.717, 1.165) is 38.7 Å². The normalized spacial score (nSPS) is 12.7. The molecule has 0 radical (unpaired) electrons. The molecule has 5 nitrogen and oxygen atoms in total. The Morgan fingerprint density at radius 1 is 1.39 bits per heavy atom. The minimum Gasteiger partial charge on any atom is -0.458 e. The predicted octanol–water partition coefficient (Wildman–Crippen LogP) is 4.38. The third-order valence-corrected chi connectivity index (χ3v) is 4.48. The number of fused-ring (bicyclic) bond motifs is 3. The van der Waals surface area contributed by atoms with E-state index in [2.05, 4.69) is 44.3 Å². The van der Waals surface area contributed by atoms with Crippen molar-refractivity contribution in [1.82, 2.24) is 14.5 Å². The molecule has 3 aromatic rings. The number of hydrogen-bond donors (Lipinski definition) is 0. The third-order valence-electron chi connectivity index (χ3n) is 3.99. The van der Waals surface area contributed by atoms with E-state index in [0.29, 0.717) is 0 Å². The van der Waals surface area contributed by atoms with Crippen LogP contribution in [0.5, 0.6) is 0 Å². The van der Waals surface area contributed by atoms with Crippen LogP contribution in [0.3, 0.4) is 0 Å². The highest BCUT2D eigenvalue weighted by Gasteiger charge is 2.18. The second-order valence-electron chi connectivity index (χ2n) is 5.59. The van der Waals surface area contributed by atoms with Crippen LogP contribution in [-0.2, 0) is 16.1 Å². The van der Waals surface area contributed by atoms with Gasteiger partial charge in [-0.05, 0) is 31.5 Å². The Morgan fingerprint density at radius 3 is 2.87 bits per heavy atom. The van der Waals surface area contributed by atoms with Gasteiger partial charge in [0.05, 0.1) is 17.2 Å². The molecule has 1 unspecified atom stereocenters. The maximum Gasteiger partial charge on any atom is 0.303 e. The molecule has 3 rings (SSSR count). The lowest BCUT2D eigenvalue weighted by Crippen LogP contribution is -2.11. The Labute approximate surface area is 142 Å². The molecular formula is C17H18BrN3O2. The van der Waals surface area contributed by atoms with Gasteiger partial charge < -0.3 is 9.30 Å². The lowest BCUT2D eigenvalue weighted by molar-refractivity contribution is -0.142. The summed E-state index contributed by atoms with van der Waals surface area (Å²) in [7, 11) is 0. The zero-order chi connectivity index (χ0) is 16.6. The average Bonchev–Trinajstić information content (AvgIpc) is 2.90. The number of ether oxygens (including phenoxy) is 1. The fraction of sp³-hybridized carbons (Fsp3) is 0.353. The molecule has 0 amide bonds. The van der Waals surface area contributed by atoms with Crippen LogP contribution in [0, 0.1) is 0 Å². The number of halogens is 1. The third kappa shape index (κ3) is 2.95. The topological polar surface area (TPSA) is 57.0 Å². The van der Waals surface area contributed by atoms with Crippen LogP contribution in [0.25, 0.3) is 21.9 Å².